The molecule has 1 unspecified atom stereocenters. The van der Waals surface area contributed by atoms with E-state index in [1.54, 1.807) is 18.2 Å². The maximum atomic E-state index is 11.3. The lowest BCUT2D eigenvalue weighted by atomic mass is 10.2. The van der Waals surface area contributed by atoms with Crippen LogP contribution in [0.15, 0.2) is 28.7 Å². The van der Waals surface area contributed by atoms with Crippen molar-refractivity contribution in [2.24, 2.45) is 0 Å². The Bertz CT molecular complexity index is 644. The van der Waals surface area contributed by atoms with Crippen molar-refractivity contribution in [2.75, 3.05) is 13.7 Å². The Kier molecular flexibility index (Phi) is 4.07. The minimum atomic E-state index is -0.599. The number of carbonyl (C=O) groups excluding carboxylic acids is 1. The number of para-hydroxylation sites is 1. The Hall–Kier alpha value is -2.00. The van der Waals surface area contributed by atoms with Crippen molar-refractivity contribution in [1.82, 2.24) is 0 Å². The number of benzene rings is 1. The molecule has 0 aliphatic carbocycles. The molecule has 0 spiro atoms. The number of ether oxygens (including phenoxy) is 2. The molecule has 0 aliphatic rings. The van der Waals surface area contributed by atoms with Crippen molar-refractivity contribution in [3.05, 3.63) is 30.0 Å². The van der Waals surface area contributed by atoms with E-state index < -0.39 is 10.8 Å². The Morgan fingerprint density at radius 2 is 2.26 bits per heavy atom. The average molecular weight is 324 g/mol. The lowest BCUT2D eigenvalue weighted by molar-refractivity contribution is -0.140. The lowest BCUT2D eigenvalue weighted by Crippen LogP contribution is -2.23. The molecule has 1 atom stereocenters. The zero-order chi connectivity index (χ0) is 13.8. The highest BCUT2D eigenvalue weighted by molar-refractivity contribution is 9.10. The predicted molar refractivity (Wildman–Crippen MR) is 71.2 cm³/mol. The van der Waals surface area contributed by atoms with Gasteiger partial charge in [0.2, 0.25) is 5.76 Å². The highest BCUT2D eigenvalue weighted by Gasteiger charge is 2.20. The molecule has 0 fully saturated rings. The van der Waals surface area contributed by atoms with Gasteiger partial charge in [-0.1, -0.05) is 28.1 Å². The van der Waals surface area contributed by atoms with Gasteiger partial charge in [0, 0.05) is 0 Å². The van der Waals surface area contributed by atoms with Gasteiger partial charge < -0.3 is 13.9 Å². The summed E-state index contributed by atoms with van der Waals surface area (Å²) >= 11 is 3.15. The van der Waals surface area contributed by atoms with Crippen LogP contribution in [0.1, 0.15) is 5.76 Å². The van der Waals surface area contributed by atoms with Crippen molar-refractivity contribution >= 4 is 32.9 Å². The Morgan fingerprint density at radius 1 is 1.53 bits per heavy atom. The Morgan fingerprint density at radius 3 is 2.95 bits per heavy atom. The van der Waals surface area contributed by atoms with Gasteiger partial charge in [-0.2, -0.15) is 5.26 Å². The average Bonchev–Trinajstić information content (AvgIpc) is 2.81. The normalized spacial score (nSPS) is 11.8. The van der Waals surface area contributed by atoms with Crippen LogP contribution in [-0.2, 0) is 9.53 Å². The summed E-state index contributed by atoms with van der Waals surface area (Å²) in [7, 11) is 1.30. The fraction of sp³-hybridized carbons (Fsp3) is 0.231. The maximum absolute atomic E-state index is 11.3. The summed E-state index contributed by atoms with van der Waals surface area (Å²) in [6, 6.07) is 9.08. The molecule has 6 heteroatoms. The van der Waals surface area contributed by atoms with Gasteiger partial charge in [-0.15, -0.1) is 0 Å². The van der Waals surface area contributed by atoms with Crippen LogP contribution in [-0.4, -0.2) is 24.5 Å². The molecule has 98 valence electrons. The van der Waals surface area contributed by atoms with Crippen molar-refractivity contribution in [2.45, 2.75) is 4.83 Å². The summed E-state index contributed by atoms with van der Waals surface area (Å²) in [5.41, 5.74) is 0.568. The fourth-order valence-electron chi connectivity index (χ4n) is 1.59. The monoisotopic (exact) mass is 323 g/mol. The SMILES string of the molecule is COC(=O)C(Br)COc1c(C#N)oc2ccccc12. The highest BCUT2D eigenvalue weighted by atomic mass is 79.9. The first-order valence-electron chi connectivity index (χ1n) is 5.43. The molecule has 19 heavy (non-hydrogen) atoms. The number of hydrogen-bond donors (Lipinski definition) is 0. The number of fused-ring (bicyclic) bond motifs is 1. The first kappa shape index (κ1) is 13.4. The topological polar surface area (TPSA) is 72.5 Å². The van der Waals surface area contributed by atoms with E-state index >= 15 is 0 Å². The van der Waals surface area contributed by atoms with E-state index in [4.69, 9.17) is 14.4 Å². The van der Waals surface area contributed by atoms with Crippen LogP contribution in [0, 0.1) is 11.3 Å². The minimum Gasteiger partial charge on any atom is -0.486 e. The fourth-order valence-corrected chi connectivity index (χ4v) is 1.91. The maximum Gasteiger partial charge on any atom is 0.322 e. The molecule has 5 nitrogen and oxygen atoms in total. The Labute approximate surface area is 117 Å². The molecule has 0 amide bonds. The van der Waals surface area contributed by atoms with E-state index in [0.717, 1.165) is 0 Å². The lowest BCUT2D eigenvalue weighted by Gasteiger charge is -2.08. The molecule has 2 aromatic rings. The van der Waals surface area contributed by atoms with Crippen LogP contribution in [0.25, 0.3) is 11.0 Å². The van der Waals surface area contributed by atoms with Crippen LogP contribution in [0.2, 0.25) is 0 Å². The molecule has 0 saturated carbocycles. The largest absolute Gasteiger partial charge is 0.486 e. The molecule has 0 bridgehead atoms. The number of rotatable bonds is 4. The van der Waals surface area contributed by atoms with Crippen molar-refractivity contribution in [1.29, 1.82) is 5.26 Å². The standard InChI is InChI=1S/C13H10BrNO4/c1-17-13(16)9(14)7-18-12-8-4-2-3-5-10(8)19-11(12)6-15/h2-5,9H,7H2,1H3. The molecule has 1 aromatic carbocycles. The zero-order valence-electron chi connectivity index (χ0n) is 10.1. The Balaban J connectivity index is 2.25. The number of hydrogen-bond acceptors (Lipinski definition) is 5. The number of carbonyl (C=O) groups is 1. The third-order valence-electron chi connectivity index (χ3n) is 2.48. The molecule has 0 aliphatic heterocycles. The van der Waals surface area contributed by atoms with Gasteiger partial charge >= 0.3 is 5.97 Å². The molecule has 0 saturated heterocycles. The first-order valence-corrected chi connectivity index (χ1v) is 6.35. The summed E-state index contributed by atoms with van der Waals surface area (Å²) < 4.78 is 15.4. The molecule has 1 heterocycles. The molecule has 2 rings (SSSR count). The number of esters is 1. The highest BCUT2D eigenvalue weighted by Crippen LogP contribution is 2.32. The number of methoxy groups -OCH3 is 1. The molecule has 1 aromatic heterocycles. The van der Waals surface area contributed by atoms with Crippen LogP contribution in [0.4, 0.5) is 0 Å². The van der Waals surface area contributed by atoms with E-state index in [1.807, 2.05) is 12.1 Å². The second-order valence-corrected chi connectivity index (χ2v) is 4.78. The van der Waals surface area contributed by atoms with Gasteiger partial charge in [0.25, 0.3) is 0 Å². The molecular formula is C13H10BrNO4. The van der Waals surface area contributed by atoms with Crippen molar-refractivity contribution in [3.8, 4) is 11.8 Å². The van der Waals surface area contributed by atoms with Crippen molar-refractivity contribution in [3.63, 3.8) is 0 Å². The van der Waals surface area contributed by atoms with Crippen LogP contribution < -0.4 is 4.74 Å². The molecule has 0 radical (unpaired) electrons. The quantitative estimate of drug-likeness (QED) is 0.638. The van der Waals surface area contributed by atoms with Crippen LogP contribution >= 0.6 is 15.9 Å². The zero-order valence-corrected chi connectivity index (χ0v) is 11.6. The number of alkyl halides is 1. The molecular weight excluding hydrogens is 314 g/mol. The van der Waals surface area contributed by atoms with Crippen LogP contribution in [0.3, 0.4) is 0 Å². The second kappa shape index (κ2) is 5.76. The summed E-state index contributed by atoms with van der Waals surface area (Å²) in [5.74, 6) is -0.0106. The molecule has 0 N–H and O–H groups in total. The van der Waals surface area contributed by atoms with Gasteiger partial charge in [0.15, 0.2) is 5.75 Å². The number of nitriles is 1. The van der Waals surface area contributed by atoms with Gasteiger partial charge in [0.05, 0.1) is 12.5 Å². The number of furan rings is 1. The third-order valence-corrected chi connectivity index (χ3v) is 3.12. The van der Waals surface area contributed by atoms with Gasteiger partial charge in [-0.25, -0.2) is 0 Å². The van der Waals surface area contributed by atoms with E-state index in [-0.39, 0.29) is 12.4 Å². The van der Waals surface area contributed by atoms with E-state index in [9.17, 15) is 4.79 Å². The van der Waals surface area contributed by atoms with Gasteiger partial charge in [-0.3, -0.25) is 4.79 Å². The van der Waals surface area contributed by atoms with E-state index in [2.05, 4.69) is 20.7 Å². The summed E-state index contributed by atoms with van der Waals surface area (Å²) in [6.45, 7) is 0.0465. The summed E-state index contributed by atoms with van der Waals surface area (Å²) in [5, 5.41) is 9.71. The van der Waals surface area contributed by atoms with E-state index in [1.165, 1.54) is 7.11 Å². The number of halogens is 1. The van der Waals surface area contributed by atoms with Crippen LogP contribution in [0.5, 0.6) is 5.75 Å². The van der Waals surface area contributed by atoms with Crippen molar-refractivity contribution < 1.29 is 18.7 Å². The van der Waals surface area contributed by atoms with Gasteiger partial charge in [0.1, 0.15) is 23.1 Å². The number of nitrogens with zero attached hydrogens (tertiary/aromatic N) is 1. The third kappa shape index (κ3) is 2.71. The second-order valence-electron chi connectivity index (χ2n) is 3.67. The predicted octanol–water partition coefficient (Wildman–Crippen LogP) is 2.62. The summed E-state index contributed by atoms with van der Waals surface area (Å²) in [4.78, 5) is 10.7. The summed E-state index contributed by atoms with van der Waals surface area (Å²) in [6.07, 6.45) is 0. The first-order chi connectivity index (χ1) is 9.17. The van der Waals surface area contributed by atoms with E-state index in [0.29, 0.717) is 16.7 Å². The minimum absolute atomic E-state index is 0.0465. The smallest absolute Gasteiger partial charge is 0.322 e. The van der Waals surface area contributed by atoms with Gasteiger partial charge in [-0.05, 0) is 12.1 Å².